The molecule has 3 heteroatoms. The monoisotopic (exact) mass is 197 g/mol. The van der Waals surface area contributed by atoms with E-state index >= 15 is 0 Å². The van der Waals surface area contributed by atoms with Crippen molar-refractivity contribution < 1.29 is 4.74 Å². The van der Waals surface area contributed by atoms with Crippen molar-refractivity contribution in [2.45, 2.75) is 70.6 Å². The topological polar surface area (TPSA) is 21.3 Å². The Morgan fingerprint density at radius 2 is 2.07 bits per heavy atom. The standard InChI is InChI=1S/C11H24BNO/c1-4-6-11(3,5-2)14-10-7-9(8-10)13-12/h9-10,13H,4-8,12H2,1-3H3/t9-,10-,11?. The van der Waals surface area contributed by atoms with E-state index in [0.717, 1.165) is 6.42 Å². The van der Waals surface area contributed by atoms with Gasteiger partial charge in [0, 0.05) is 6.04 Å². The zero-order chi connectivity index (χ0) is 10.6. The van der Waals surface area contributed by atoms with E-state index in [-0.39, 0.29) is 5.60 Å². The first-order chi connectivity index (χ1) is 6.63. The van der Waals surface area contributed by atoms with Crippen LogP contribution in [0, 0.1) is 0 Å². The molecule has 1 aliphatic rings. The average Bonchev–Trinajstić information content (AvgIpc) is 2.11. The van der Waals surface area contributed by atoms with Gasteiger partial charge in [-0.2, -0.15) is 0 Å². The van der Waals surface area contributed by atoms with Gasteiger partial charge in [0.15, 0.2) is 7.98 Å². The van der Waals surface area contributed by atoms with E-state index in [2.05, 4.69) is 26.0 Å². The average molecular weight is 197 g/mol. The summed E-state index contributed by atoms with van der Waals surface area (Å²) in [4.78, 5) is 0. The predicted octanol–water partition coefficient (Wildman–Crippen LogP) is 1.64. The van der Waals surface area contributed by atoms with Crippen LogP contribution in [0.3, 0.4) is 0 Å². The Labute approximate surface area is 89.2 Å². The third-order valence-electron chi connectivity index (χ3n) is 3.48. The van der Waals surface area contributed by atoms with Gasteiger partial charge in [-0.05, 0) is 32.6 Å². The molecule has 1 unspecified atom stereocenters. The van der Waals surface area contributed by atoms with Crippen LogP contribution >= 0.6 is 0 Å². The summed E-state index contributed by atoms with van der Waals surface area (Å²) in [5.41, 5.74) is 0.123. The molecule has 0 amide bonds. The lowest BCUT2D eigenvalue weighted by molar-refractivity contribution is -0.124. The van der Waals surface area contributed by atoms with Gasteiger partial charge in [0.2, 0.25) is 0 Å². The lowest BCUT2D eigenvalue weighted by Gasteiger charge is -2.41. The Bertz CT molecular complexity index is 171. The predicted molar refractivity (Wildman–Crippen MR) is 63.2 cm³/mol. The molecular weight excluding hydrogens is 173 g/mol. The van der Waals surface area contributed by atoms with Gasteiger partial charge in [0.25, 0.3) is 0 Å². The highest BCUT2D eigenvalue weighted by atomic mass is 16.5. The highest BCUT2D eigenvalue weighted by Gasteiger charge is 2.34. The van der Waals surface area contributed by atoms with Crippen LogP contribution < -0.4 is 5.23 Å². The minimum absolute atomic E-state index is 0.123. The summed E-state index contributed by atoms with van der Waals surface area (Å²) in [5.74, 6) is 0. The maximum Gasteiger partial charge on any atom is 0.182 e. The second-order valence-electron chi connectivity index (χ2n) is 4.75. The summed E-state index contributed by atoms with van der Waals surface area (Å²) in [6.07, 6.45) is 6.41. The van der Waals surface area contributed by atoms with Gasteiger partial charge in [-0.3, -0.25) is 0 Å². The number of hydrogen-bond donors (Lipinski definition) is 1. The van der Waals surface area contributed by atoms with Crippen LogP contribution in [0.15, 0.2) is 0 Å². The molecule has 1 rings (SSSR count). The normalized spacial score (nSPS) is 30.8. The van der Waals surface area contributed by atoms with Crippen LogP contribution in [0.1, 0.15) is 52.9 Å². The van der Waals surface area contributed by atoms with Crippen molar-refractivity contribution in [3.8, 4) is 0 Å². The summed E-state index contributed by atoms with van der Waals surface area (Å²) < 4.78 is 6.16. The zero-order valence-corrected chi connectivity index (χ0v) is 10.1. The van der Waals surface area contributed by atoms with Gasteiger partial charge < -0.3 is 9.96 Å². The van der Waals surface area contributed by atoms with E-state index in [9.17, 15) is 0 Å². The van der Waals surface area contributed by atoms with Crippen molar-refractivity contribution in [3.63, 3.8) is 0 Å². The molecule has 0 aromatic carbocycles. The summed E-state index contributed by atoms with van der Waals surface area (Å²) in [6.45, 7) is 6.71. The van der Waals surface area contributed by atoms with E-state index in [0.29, 0.717) is 12.1 Å². The molecule has 2 nitrogen and oxygen atoms in total. The van der Waals surface area contributed by atoms with Crippen molar-refractivity contribution in [2.24, 2.45) is 0 Å². The Balaban J connectivity index is 2.28. The van der Waals surface area contributed by atoms with Crippen molar-refractivity contribution in [1.29, 1.82) is 0 Å². The molecule has 0 aromatic heterocycles. The molecule has 0 bridgehead atoms. The molecule has 0 radical (unpaired) electrons. The van der Waals surface area contributed by atoms with Gasteiger partial charge in [-0.15, -0.1) is 0 Å². The molecule has 0 saturated heterocycles. The summed E-state index contributed by atoms with van der Waals surface area (Å²) in [5, 5.41) is 3.29. The first-order valence-electron chi connectivity index (χ1n) is 5.98. The molecule has 1 saturated carbocycles. The molecule has 14 heavy (non-hydrogen) atoms. The molecule has 0 spiro atoms. The van der Waals surface area contributed by atoms with Crippen LogP contribution in [-0.4, -0.2) is 25.7 Å². The fourth-order valence-corrected chi connectivity index (χ4v) is 2.15. The quantitative estimate of drug-likeness (QED) is 0.653. The second-order valence-corrected chi connectivity index (χ2v) is 4.75. The van der Waals surface area contributed by atoms with Crippen molar-refractivity contribution in [3.05, 3.63) is 0 Å². The molecule has 1 atom stereocenters. The highest BCUT2D eigenvalue weighted by Crippen LogP contribution is 2.31. The van der Waals surface area contributed by atoms with E-state index in [1.807, 2.05) is 7.98 Å². The minimum atomic E-state index is 0.123. The third-order valence-corrected chi connectivity index (χ3v) is 3.48. The van der Waals surface area contributed by atoms with Crippen LogP contribution in [-0.2, 0) is 4.74 Å². The lowest BCUT2D eigenvalue weighted by Crippen LogP contribution is -2.48. The number of hydrogen-bond acceptors (Lipinski definition) is 2. The van der Waals surface area contributed by atoms with E-state index < -0.39 is 0 Å². The molecule has 82 valence electrons. The molecule has 0 heterocycles. The largest absolute Gasteiger partial charge is 0.372 e. The molecule has 1 fully saturated rings. The molecular formula is C11H24BNO. The fourth-order valence-electron chi connectivity index (χ4n) is 2.15. The third kappa shape index (κ3) is 2.99. The number of rotatable bonds is 6. The highest BCUT2D eigenvalue weighted by molar-refractivity contribution is 6.04. The molecule has 0 aliphatic heterocycles. The first kappa shape index (κ1) is 12.1. The van der Waals surface area contributed by atoms with Crippen LogP contribution in [0.4, 0.5) is 0 Å². The second kappa shape index (κ2) is 5.17. The summed E-state index contributed by atoms with van der Waals surface area (Å²) in [7, 11) is 2.03. The van der Waals surface area contributed by atoms with Crippen molar-refractivity contribution >= 4 is 7.98 Å². The number of ether oxygens (including phenoxy) is 1. The van der Waals surface area contributed by atoms with E-state index in [4.69, 9.17) is 4.74 Å². The van der Waals surface area contributed by atoms with Crippen LogP contribution in [0.25, 0.3) is 0 Å². The van der Waals surface area contributed by atoms with Crippen molar-refractivity contribution in [2.75, 3.05) is 0 Å². The minimum Gasteiger partial charge on any atom is -0.372 e. The zero-order valence-electron chi connectivity index (χ0n) is 10.1. The van der Waals surface area contributed by atoms with Gasteiger partial charge in [-0.1, -0.05) is 20.3 Å². The Kier molecular flexibility index (Phi) is 4.46. The van der Waals surface area contributed by atoms with Gasteiger partial charge >= 0.3 is 0 Å². The Hall–Kier alpha value is -0.0151. The van der Waals surface area contributed by atoms with Crippen LogP contribution in [0.2, 0.25) is 0 Å². The Morgan fingerprint density at radius 3 is 2.50 bits per heavy atom. The van der Waals surface area contributed by atoms with E-state index in [1.165, 1.54) is 25.7 Å². The van der Waals surface area contributed by atoms with Gasteiger partial charge in [0.1, 0.15) is 0 Å². The van der Waals surface area contributed by atoms with Crippen molar-refractivity contribution in [1.82, 2.24) is 5.23 Å². The van der Waals surface area contributed by atoms with Gasteiger partial charge in [-0.25, -0.2) is 0 Å². The summed E-state index contributed by atoms with van der Waals surface area (Å²) >= 11 is 0. The molecule has 1 N–H and O–H groups in total. The van der Waals surface area contributed by atoms with Gasteiger partial charge in [0.05, 0.1) is 11.7 Å². The maximum atomic E-state index is 6.16. The summed E-state index contributed by atoms with van der Waals surface area (Å²) in [6, 6.07) is 0.697. The SMILES string of the molecule is BN[C@H]1C[C@H](OC(C)(CC)CCC)C1. The fraction of sp³-hybridized carbons (Fsp3) is 1.00. The molecule has 1 aliphatic carbocycles. The maximum absolute atomic E-state index is 6.16. The molecule has 0 aromatic rings. The number of nitrogens with one attached hydrogen (secondary N) is 1. The van der Waals surface area contributed by atoms with E-state index in [1.54, 1.807) is 0 Å². The van der Waals surface area contributed by atoms with Crippen LogP contribution in [0.5, 0.6) is 0 Å². The smallest absolute Gasteiger partial charge is 0.182 e. The Morgan fingerprint density at radius 1 is 1.43 bits per heavy atom. The first-order valence-corrected chi connectivity index (χ1v) is 5.98. The lowest BCUT2D eigenvalue weighted by atomic mass is 9.86.